The highest BCUT2D eigenvalue weighted by molar-refractivity contribution is 6.32. The lowest BCUT2D eigenvalue weighted by atomic mass is 9.90. The van der Waals surface area contributed by atoms with Crippen molar-refractivity contribution in [2.75, 3.05) is 0 Å². The van der Waals surface area contributed by atoms with Gasteiger partial charge in [-0.15, -0.1) is 0 Å². The average Bonchev–Trinajstić information content (AvgIpc) is 2.23. The monoisotopic (exact) mass is 288 g/mol. The zero-order chi connectivity index (χ0) is 14.9. The van der Waals surface area contributed by atoms with Crippen LogP contribution in [0.3, 0.4) is 0 Å². The molecule has 0 aliphatic carbocycles. The third-order valence-corrected chi connectivity index (χ3v) is 2.26. The Morgan fingerprint density at radius 2 is 1.26 bits per heavy atom. The summed E-state index contributed by atoms with van der Waals surface area (Å²) in [5, 5.41) is 16.8. The van der Waals surface area contributed by atoms with E-state index in [1.165, 1.54) is 6.07 Å². The molecule has 0 atom stereocenters. The van der Waals surface area contributed by atoms with Crippen molar-refractivity contribution in [2.24, 2.45) is 0 Å². The van der Waals surface area contributed by atoms with Crippen LogP contribution in [0.5, 0.6) is 0 Å². The third-order valence-electron chi connectivity index (χ3n) is 2.26. The summed E-state index contributed by atoms with van der Waals surface area (Å²) < 4.78 is 80.5. The van der Waals surface area contributed by atoms with E-state index in [1.807, 2.05) is 0 Å². The minimum absolute atomic E-state index is 0.531. The number of rotatable bonds is 3. The molecule has 0 aliphatic heterocycles. The fraction of sp³-hybridized carbons (Fsp3) is 0.333. The van der Waals surface area contributed by atoms with Gasteiger partial charge in [0.05, 0.1) is 0 Å². The van der Waals surface area contributed by atoms with Gasteiger partial charge in [0.2, 0.25) is 0 Å². The van der Waals surface area contributed by atoms with Gasteiger partial charge in [-0.1, -0.05) is 30.3 Å². The van der Waals surface area contributed by atoms with Crippen molar-refractivity contribution < 1.29 is 41.0 Å². The van der Waals surface area contributed by atoms with Gasteiger partial charge in [-0.3, -0.25) is 0 Å². The van der Waals surface area contributed by atoms with Gasteiger partial charge in [-0.25, -0.2) is 0 Å². The molecule has 1 aromatic carbocycles. The SMILES string of the molecule is OB(O)OC(c1ccccc1)(C(F)(F)F)C(F)(F)F. The Balaban J connectivity index is 3.54. The van der Waals surface area contributed by atoms with Gasteiger partial charge in [0.15, 0.2) is 0 Å². The van der Waals surface area contributed by atoms with Crippen LogP contribution < -0.4 is 0 Å². The molecular formula is C9H7BF6O3. The maximum atomic E-state index is 12.9. The normalized spacial score (nSPS) is 13.5. The van der Waals surface area contributed by atoms with E-state index in [-0.39, 0.29) is 0 Å². The summed E-state index contributed by atoms with van der Waals surface area (Å²) in [5.41, 5.74) is -6.11. The molecule has 19 heavy (non-hydrogen) atoms. The minimum atomic E-state index is -5.93. The Kier molecular flexibility index (Phi) is 4.18. The second kappa shape index (κ2) is 5.02. The van der Waals surface area contributed by atoms with Crippen molar-refractivity contribution in [3.8, 4) is 0 Å². The van der Waals surface area contributed by atoms with Crippen molar-refractivity contribution >= 4 is 7.32 Å². The van der Waals surface area contributed by atoms with Crippen LogP contribution in [0.15, 0.2) is 30.3 Å². The highest BCUT2D eigenvalue weighted by Crippen LogP contribution is 2.52. The molecule has 1 aromatic rings. The Morgan fingerprint density at radius 3 is 1.58 bits per heavy atom. The molecule has 0 heterocycles. The summed E-state index contributed by atoms with van der Waals surface area (Å²) in [4.78, 5) is 0. The first kappa shape index (κ1) is 15.8. The minimum Gasteiger partial charge on any atom is -0.402 e. The number of alkyl halides is 6. The van der Waals surface area contributed by atoms with Crippen molar-refractivity contribution in [1.29, 1.82) is 0 Å². The second-order valence-corrected chi connectivity index (χ2v) is 3.49. The molecule has 0 radical (unpaired) electrons. The van der Waals surface area contributed by atoms with Crippen LogP contribution in [0.1, 0.15) is 5.56 Å². The van der Waals surface area contributed by atoms with E-state index in [0.717, 1.165) is 12.1 Å². The molecule has 2 N–H and O–H groups in total. The fourth-order valence-corrected chi connectivity index (χ4v) is 1.52. The van der Waals surface area contributed by atoms with Crippen LogP contribution in [-0.2, 0) is 10.3 Å². The van der Waals surface area contributed by atoms with Gasteiger partial charge in [0, 0.05) is 5.56 Å². The summed E-state index contributed by atoms with van der Waals surface area (Å²) in [6, 6.07) is 4.15. The maximum absolute atomic E-state index is 12.9. The first-order valence-corrected chi connectivity index (χ1v) is 4.75. The molecule has 1 rings (SSSR count). The van der Waals surface area contributed by atoms with E-state index in [9.17, 15) is 26.3 Å². The standard InChI is InChI=1S/C9H7BF6O3/c11-8(12,13)7(9(14,15)16,19-10(17)18)6-4-2-1-3-5-6/h1-5,17-18H. The van der Waals surface area contributed by atoms with E-state index < -0.39 is 30.8 Å². The summed E-state index contributed by atoms with van der Waals surface area (Å²) in [6.45, 7) is 0. The first-order chi connectivity index (χ1) is 8.52. The zero-order valence-electron chi connectivity index (χ0n) is 9.03. The van der Waals surface area contributed by atoms with Gasteiger partial charge in [0.1, 0.15) is 0 Å². The Morgan fingerprint density at radius 1 is 0.842 bits per heavy atom. The average molecular weight is 288 g/mol. The predicted octanol–water partition coefficient (Wildman–Crippen LogP) is 1.99. The topological polar surface area (TPSA) is 49.7 Å². The van der Waals surface area contributed by atoms with Gasteiger partial charge >= 0.3 is 19.7 Å². The van der Waals surface area contributed by atoms with E-state index in [4.69, 9.17) is 10.0 Å². The molecule has 0 saturated carbocycles. The number of hydrogen-bond acceptors (Lipinski definition) is 3. The molecular weight excluding hydrogens is 281 g/mol. The van der Waals surface area contributed by atoms with Crippen molar-refractivity contribution in [1.82, 2.24) is 0 Å². The van der Waals surface area contributed by atoms with Crippen LogP contribution in [0.2, 0.25) is 0 Å². The van der Waals surface area contributed by atoms with Crippen LogP contribution in [0.4, 0.5) is 26.3 Å². The lowest BCUT2D eigenvalue weighted by molar-refractivity contribution is -0.371. The maximum Gasteiger partial charge on any atom is 0.635 e. The molecule has 0 amide bonds. The lowest BCUT2D eigenvalue weighted by Crippen LogP contribution is -2.58. The predicted molar refractivity (Wildman–Crippen MR) is 51.5 cm³/mol. The smallest absolute Gasteiger partial charge is 0.402 e. The van der Waals surface area contributed by atoms with E-state index in [2.05, 4.69) is 4.65 Å². The second-order valence-electron chi connectivity index (χ2n) is 3.49. The number of halogens is 6. The number of benzene rings is 1. The van der Waals surface area contributed by atoms with Gasteiger partial charge in [-0.05, 0) is 0 Å². The van der Waals surface area contributed by atoms with E-state index in [1.54, 1.807) is 0 Å². The quantitative estimate of drug-likeness (QED) is 0.660. The first-order valence-electron chi connectivity index (χ1n) is 4.75. The highest BCUT2D eigenvalue weighted by atomic mass is 19.4. The molecule has 0 aromatic heterocycles. The highest BCUT2D eigenvalue weighted by Gasteiger charge is 2.74. The van der Waals surface area contributed by atoms with Crippen LogP contribution in [0.25, 0.3) is 0 Å². The largest absolute Gasteiger partial charge is 0.635 e. The van der Waals surface area contributed by atoms with Crippen LogP contribution in [-0.4, -0.2) is 29.7 Å². The molecule has 0 fully saturated rings. The summed E-state index contributed by atoms with van der Waals surface area (Å²) in [5.74, 6) is 0. The van der Waals surface area contributed by atoms with E-state index >= 15 is 0 Å². The molecule has 0 aliphatic rings. The molecule has 3 nitrogen and oxygen atoms in total. The van der Waals surface area contributed by atoms with Gasteiger partial charge in [0.25, 0.3) is 5.60 Å². The molecule has 0 bridgehead atoms. The Hall–Kier alpha value is -1.26. The van der Waals surface area contributed by atoms with Gasteiger partial charge in [-0.2, -0.15) is 26.3 Å². The van der Waals surface area contributed by atoms with Crippen molar-refractivity contribution in [2.45, 2.75) is 18.0 Å². The summed E-state index contributed by atoms with van der Waals surface area (Å²) in [7, 11) is -3.25. The van der Waals surface area contributed by atoms with Crippen molar-refractivity contribution in [3.05, 3.63) is 35.9 Å². The molecule has 0 unspecified atom stereocenters. The lowest BCUT2D eigenvalue weighted by Gasteiger charge is -2.37. The Bertz CT molecular complexity index is 402. The number of hydrogen-bond donors (Lipinski definition) is 2. The molecule has 106 valence electrons. The molecule has 0 saturated heterocycles. The molecule has 0 spiro atoms. The van der Waals surface area contributed by atoms with E-state index in [0.29, 0.717) is 12.1 Å². The Labute approximate surface area is 103 Å². The summed E-state index contributed by atoms with van der Waals surface area (Å²) in [6.07, 6.45) is -11.9. The third kappa shape index (κ3) is 2.85. The van der Waals surface area contributed by atoms with Gasteiger partial charge < -0.3 is 14.7 Å². The van der Waals surface area contributed by atoms with Crippen LogP contribution >= 0.6 is 0 Å². The van der Waals surface area contributed by atoms with Crippen LogP contribution in [0, 0.1) is 0 Å². The van der Waals surface area contributed by atoms with Crippen molar-refractivity contribution in [3.63, 3.8) is 0 Å². The fourth-order valence-electron chi connectivity index (χ4n) is 1.52. The molecule has 10 heteroatoms. The zero-order valence-corrected chi connectivity index (χ0v) is 9.03. The summed E-state index contributed by atoms with van der Waals surface area (Å²) >= 11 is 0.